The van der Waals surface area contributed by atoms with Gasteiger partial charge in [-0.1, -0.05) is 25.5 Å². The van der Waals surface area contributed by atoms with Crippen LogP contribution in [0, 0.1) is 11.8 Å². The van der Waals surface area contributed by atoms with E-state index in [1.54, 1.807) is 11.1 Å². The van der Waals surface area contributed by atoms with Crippen molar-refractivity contribution in [2.75, 3.05) is 31.8 Å². The molecule has 3 rings (SSSR count). The third-order valence-electron chi connectivity index (χ3n) is 5.50. The van der Waals surface area contributed by atoms with Gasteiger partial charge in [-0.2, -0.15) is 0 Å². The number of hydrogen-bond acceptors (Lipinski definition) is 5. The van der Waals surface area contributed by atoms with Crippen molar-refractivity contribution in [1.29, 1.82) is 0 Å². The second-order valence-corrected chi connectivity index (χ2v) is 7.46. The third-order valence-corrected chi connectivity index (χ3v) is 5.50. The van der Waals surface area contributed by atoms with E-state index in [9.17, 15) is 9.59 Å². The lowest BCUT2D eigenvalue weighted by Gasteiger charge is -2.32. The molecule has 0 bridgehead atoms. The monoisotopic (exact) mass is 372 g/mol. The van der Waals surface area contributed by atoms with Crippen molar-refractivity contribution in [3.05, 3.63) is 35.0 Å². The normalized spacial score (nSPS) is 22.0. The van der Waals surface area contributed by atoms with Gasteiger partial charge in [0.25, 0.3) is 5.91 Å². The van der Waals surface area contributed by atoms with Crippen LogP contribution in [0.15, 0.2) is 29.5 Å². The molecular formula is C21H28N2O4. The molecule has 0 aromatic carbocycles. The molecular weight excluding hydrogens is 344 g/mol. The zero-order valence-corrected chi connectivity index (χ0v) is 16.4. The molecule has 0 radical (unpaired) electrons. The van der Waals surface area contributed by atoms with Crippen LogP contribution < -0.4 is 4.90 Å². The van der Waals surface area contributed by atoms with E-state index in [-0.39, 0.29) is 17.8 Å². The number of methoxy groups -OCH3 is 1. The molecule has 27 heavy (non-hydrogen) atoms. The number of anilines is 1. The summed E-state index contributed by atoms with van der Waals surface area (Å²) in [5.41, 5.74) is 3.00. The summed E-state index contributed by atoms with van der Waals surface area (Å²) in [6.45, 7) is 5.79. The number of ether oxygens (including phenoxy) is 2. The van der Waals surface area contributed by atoms with Crippen molar-refractivity contribution in [2.24, 2.45) is 11.8 Å². The summed E-state index contributed by atoms with van der Waals surface area (Å²) in [5.74, 6) is 0.648. The predicted molar refractivity (Wildman–Crippen MR) is 102 cm³/mol. The molecule has 6 heteroatoms. The van der Waals surface area contributed by atoms with E-state index >= 15 is 0 Å². The standard InChI is InChI=1S/C21H28N2O4/c1-14-5-4-9-23(20(24)18-13-27-10-8-17(14)18)19-7-6-16(12-22-19)11-15(2)21(25)26-3/h6-7,12,14-15H,4-5,8-11,13H2,1-3H3/t14?,15-/m0/s1. The molecule has 3 heterocycles. The molecule has 0 aliphatic carbocycles. The zero-order chi connectivity index (χ0) is 19.4. The lowest BCUT2D eigenvalue weighted by molar-refractivity contribution is -0.144. The number of amides is 1. The number of rotatable bonds is 4. The molecule has 1 aromatic rings. The second kappa shape index (κ2) is 8.65. The number of carbonyl (C=O) groups is 2. The van der Waals surface area contributed by atoms with Crippen molar-refractivity contribution in [3.63, 3.8) is 0 Å². The predicted octanol–water partition coefficient (Wildman–Crippen LogP) is 2.91. The van der Waals surface area contributed by atoms with E-state index in [0.717, 1.165) is 30.4 Å². The molecule has 2 aliphatic rings. The van der Waals surface area contributed by atoms with Crippen LogP contribution in [0.1, 0.15) is 38.7 Å². The van der Waals surface area contributed by atoms with Crippen molar-refractivity contribution in [3.8, 4) is 0 Å². The Morgan fingerprint density at radius 3 is 2.96 bits per heavy atom. The van der Waals surface area contributed by atoms with Gasteiger partial charge in [-0.3, -0.25) is 14.5 Å². The zero-order valence-electron chi connectivity index (χ0n) is 16.4. The summed E-state index contributed by atoms with van der Waals surface area (Å²) in [7, 11) is 1.40. The van der Waals surface area contributed by atoms with Crippen LogP contribution in [0.25, 0.3) is 0 Å². The first-order valence-electron chi connectivity index (χ1n) is 9.65. The SMILES string of the molecule is COC(=O)[C@@H](C)Cc1ccc(N2CCCC(C)C3=C(COCC3)C2=O)nc1. The maximum Gasteiger partial charge on any atom is 0.308 e. The molecule has 6 nitrogen and oxygen atoms in total. The Labute approximate surface area is 160 Å². The topological polar surface area (TPSA) is 68.7 Å². The van der Waals surface area contributed by atoms with Crippen molar-refractivity contribution < 1.29 is 19.1 Å². The van der Waals surface area contributed by atoms with Gasteiger partial charge in [0, 0.05) is 18.3 Å². The molecule has 146 valence electrons. The fraction of sp³-hybridized carbons (Fsp3) is 0.571. The van der Waals surface area contributed by atoms with Crippen LogP contribution in [-0.2, 0) is 25.5 Å². The average Bonchev–Trinajstić information content (AvgIpc) is 2.69. The Morgan fingerprint density at radius 2 is 2.26 bits per heavy atom. The minimum Gasteiger partial charge on any atom is -0.469 e. The number of esters is 1. The molecule has 1 unspecified atom stereocenters. The Bertz CT molecular complexity index is 726. The van der Waals surface area contributed by atoms with Crippen molar-refractivity contribution in [2.45, 2.75) is 39.5 Å². The van der Waals surface area contributed by atoms with Crippen LogP contribution in [0.3, 0.4) is 0 Å². The van der Waals surface area contributed by atoms with Gasteiger partial charge in [0.15, 0.2) is 0 Å². The maximum atomic E-state index is 13.2. The van der Waals surface area contributed by atoms with Crippen LogP contribution in [0.4, 0.5) is 5.82 Å². The molecule has 1 amide bonds. The molecule has 1 aromatic heterocycles. The molecule has 0 N–H and O–H groups in total. The highest BCUT2D eigenvalue weighted by atomic mass is 16.5. The number of aromatic nitrogens is 1. The first-order chi connectivity index (χ1) is 13.0. The van der Waals surface area contributed by atoms with Gasteiger partial charge in [-0.25, -0.2) is 4.98 Å². The highest BCUT2D eigenvalue weighted by Crippen LogP contribution is 2.31. The Hall–Kier alpha value is -2.21. The van der Waals surface area contributed by atoms with Gasteiger partial charge >= 0.3 is 5.97 Å². The second-order valence-electron chi connectivity index (χ2n) is 7.46. The van der Waals surface area contributed by atoms with E-state index in [0.29, 0.717) is 37.9 Å². The molecule has 0 spiro atoms. The average molecular weight is 372 g/mol. The van der Waals surface area contributed by atoms with E-state index < -0.39 is 0 Å². The molecule has 0 saturated carbocycles. The molecule has 2 atom stereocenters. The summed E-state index contributed by atoms with van der Waals surface area (Å²) in [6.07, 6.45) is 5.17. The molecule has 0 saturated heterocycles. The summed E-state index contributed by atoms with van der Waals surface area (Å²) < 4.78 is 10.3. The summed E-state index contributed by atoms with van der Waals surface area (Å²) in [6, 6.07) is 3.80. The first kappa shape index (κ1) is 19.5. The van der Waals surface area contributed by atoms with E-state index in [1.165, 1.54) is 12.7 Å². The van der Waals surface area contributed by atoms with Gasteiger partial charge in [0.05, 0.1) is 26.2 Å². The van der Waals surface area contributed by atoms with Gasteiger partial charge in [-0.05, 0) is 43.2 Å². The maximum absolute atomic E-state index is 13.2. The van der Waals surface area contributed by atoms with Crippen molar-refractivity contribution >= 4 is 17.7 Å². The molecule has 0 fully saturated rings. The van der Waals surface area contributed by atoms with E-state index in [2.05, 4.69) is 11.9 Å². The van der Waals surface area contributed by atoms with Gasteiger partial charge in [0.1, 0.15) is 5.82 Å². The van der Waals surface area contributed by atoms with Crippen LogP contribution >= 0.6 is 0 Å². The molecule has 2 aliphatic heterocycles. The number of hydrogen-bond donors (Lipinski definition) is 0. The van der Waals surface area contributed by atoms with Crippen molar-refractivity contribution in [1.82, 2.24) is 4.98 Å². The Morgan fingerprint density at radius 1 is 1.44 bits per heavy atom. The minimum atomic E-state index is -0.232. The lowest BCUT2D eigenvalue weighted by Crippen LogP contribution is -2.38. The number of nitrogens with zero attached hydrogens (tertiary/aromatic N) is 2. The Kier molecular flexibility index (Phi) is 6.26. The lowest BCUT2D eigenvalue weighted by atomic mass is 9.87. The third kappa shape index (κ3) is 4.38. The fourth-order valence-corrected chi connectivity index (χ4v) is 3.89. The fourth-order valence-electron chi connectivity index (χ4n) is 3.89. The van der Waals surface area contributed by atoms with Crippen LogP contribution in [0.5, 0.6) is 0 Å². The quantitative estimate of drug-likeness (QED) is 0.760. The first-order valence-corrected chi connectivity index (χ1v) is 9.65. The van der Waals surface area contributed by atoms with Gasteiger partial charge in [-0.15, -0.1) is 0 Å². The number of carbonyl (C=O) groups excluding carboxylic acids is 2. The smallest absolute Gasteiger partial charge is 0.308 e. The summed E-state index contributed by atoms with van der Waals surface area (Å²) >= 11 is 0. The van der Waals surface area contributed by atoms with Crippen LogP contribution in [-0.4, -0.2) is 43.7 Å². The minimum absolute atomic E-state index is 0.0134. The summed E-state index contributed by atoms with van der Waals surface area (Å²) in [4.78, 5) is 31.0. The Balaban J connectivity index is 1.79. The van der Waals surface area contributed by atoms with Gasteiger partial charge < -0.3 is 9.47 Å². The largest absolute Gasteiger partial charge is 0.469 e. The summed E-state index contributed by atoms with van der Waals surface area (Å²) in [5, 5.41) is 0. The van der Waals surface area contributed by atoms with E-state index in [1.807, 2.05) is 19.1 Å². The van der Waals surface area contributed by atoms with Gasteiger partial charge in [0.2, 0.25) is 0 Å². The van der Waals surface area contributed by atoms with Crippen LogP contribution in [0.2, 0.25) is 0 Å². The highest BCUT2D eigenvalue weighted by Gasteiger charge is 2.30. The highest BCUT2D eigenvalue weighted by molar-refractivity contribution is 6.06. The van der Waals surface area contributed by atoms with E-state index in [4.69, 9.17) is 9.47 Å². The number of pyridine rings is 1.